The third-order valence-corrected chi connectivity index (χ3v) is 1.88. The van der Waals surface area contributed by atoms with E-state index in [4.69, 9.17) is 5.11 Å². The molecule has 0 fully saturated rings. The molecule has 0 spiro atoms. The third-order valence-electron chi connectivity index (χ3n) is 1.88. The second kappa shape index (κ2) is 6.13. The predicted molar refractivity (Wildman–Crippen MR) is 54.0 cm³/mol. The summed E-state index contributed by atoms with van der Waals surface area (Å²) in [6.45, 7) is 0.587. The maximum atomic E-state index is 11.1. The van der Waals surface area contributed by atoms with Gasteiger partial charge in [0.2, 0.25) is 5.91 Å². The Hall–Kier alpha value is -1.43. The zero-order chi connectivity index (χ0) is 11.1. The summed E-state index contributed by atoms with van der Waals surface area (Å²) in [6, 6.07) is 0. The molecule has 1 aromatic rings. The number of aliphatic hydroxyl groups excluding tert-OH is 1. The molecular formula is C9H16N4O2. The number of aryl methyl sites for hydroxylation is 1. The summed E-state index contributed by atoms with van der Waals surface area (Å²) in [7, 11) is 1.80. The Morgan fingerprint density at radius 2 is 2.47 bits per heavy atom. The minimum Gasteiger partial charge on any atom is -0.396 e. The van der Waals surface area contributed by atoms with E-state index < -0.39 is 0 Å². The molecule has 1 aromatic heterocycles. The minimum absolute atomic E-state index is 0.0417. The van der Waals surface area contributed by atoms with Gasteiger partial charge in [0.15, 0.2) is 5.82 Å². The standard InChI is InChI=1S/C9H16N4O2/c1-13-7-11-8(12-13)4-5-10-9(15)3-2-6-14/h7,14H,2-6H2,1H3,(H,10,15). The van der Waals surface area contributed by atoms with Crippen LogP contribution in [0.1, 0.15) is 18.7 Å². The van der Waals surface area contributed by atoms with Gasteiger partial charge in [-0.25, -0.2) is 4.98 Å². The molecule has 0 aromatic carbocycles. The van der Waals surface area contributed by atoms with Crippen molar-refractivity contribution in [3.05, 3.63) is 12.2 Å². The number of hydrogen-bond acceptors (Lipinski definition) is 4. The highest BCUT2D eigenvalue weighted by Gasteiger charge is 2.02. The molecule has 0 radical (unpaired) electrons. The van der Waals surface area contributed by atoms with Crippen molar-refractivity contribution in [1.82, 2.24) is 20.1 Å². The molecule has 6 heteroatoms. The van der Waals surface area contributed by atoms with Crippen molar-refractivity contribution in [1.29, 1.82) is 0 Å². The monoisotopic (exact) mass is 212 g/mol. The van der Waals surface area contributed by atoms with Crippen LogP contribution in [0.5, 0.6) is 0 Å². The topological polar surface area (TPSA) is 80.0 Å². The van der Waals surface area contributed by atoms with Crippen LogP contribution in [0.2, 0.25) is 0 Å². The van der Waals surface area contributed by atoms with Gasteiger partial charge in [0.25, 0.3) is 0 Å². The normalized spacial score (nSPS) is 10.3. The average molecular weight is 212 g/mol. The van der Waals surface area contributed by atoms with Crippen molar-refractivity contribution in [3.8, 4) is 0 Å². The number of rotatable bonds is 6. The van der Waals surface area contributed by atoms with Gasteiger partial charge >= 0.3 is 0 Å². The highest BCUT2D eigenvalue weighted by atomic mass is 16.3. The van der Waals surface area contributed by atoms with Crippen molar-refractivity contribution >= 4 is 5.91 Å². The summed E-state index contributed by atoms with van der Waals surface area (Å²) >= 11 is 0. The molecule has 0 aliphatic heterocycles. The van der Waals surface area contributed by atoms with E-state index in [1.165, 1.54) is 0 Å². The maximum Gasteiger partial charge on any atom is 0.220 e. The van der Waals surface area contributed by atoms with E-state index in [1.807, 2.05) is 0 Å². The fourth-order valence-corrected chi connectivity index (χ4v) is 1.14. The van der Waals surface area contributed by atoms with Gasteiger partial charge in [-0.1, -0.05) is 0 Å². The molecule has 1 heterocycles. The van der Waals surface area contributed by atoms with Crippen molar-refractivity contribution in [2.45, 2.75) is 19.3 Å². The Kier molecular flexibility index (Phi) is 4.76. The lowest BCUT2D eigenvalue weighted by Crippen LogP contribution is -2.25. The quantitative estimate of drug-likeness (QED) is 0.650. The van der Waals surface area contributed by atoms with Crippen LogP contribution in [0.15, 0.2) is 6.33 Å². The second-order valence-electron chi connectivity index (χ2n) is 3.26. The van der Waals surface area contributed by atoms with Gasteiger partial charge in [-0.05, 0) is 6.42 Å². The van der Waals surface area contributed by atoms with Crippen LogP contribution in [-0.4, -0.2) is 38.9 Å². The Balaban J connectivity index is 2.13. The van der Waals surface area contributed by atoms with Gasteiger partial charge < -0.3 is 10.4 Å². The van der Waals surface area contributed by atoms with Gasteiger partial charge in [0.05, 0.1) is 0 Å². The average Bonchev–Trinajstić information content (AvgIpc) is 2.61. The summed E-state index contributed by atoms with van der Waals surface area (Å²) in [5.74, 6) is 0.680. The van der Waals surface area contributed by atoms with Gasteiger partial charge in [0, 0.05) is 33.0 Å². The Bertz CT molecular complexity index is 311. The fraction of sp³-hybridized carbons (Fsp3) is 0.667. The van der Waals surface area contributed by atoms with Crippen LogP contribution in [0.4, 0.5) is 0 Å². The van der Waals surface area contributed by atoms with Crippen LogP contribution >= 0.6 is 0 Å². The molecule has 1 rings (SSSR count). The molecule has 1 amide bonds. The maximum absolute atomic E-state index is 11.1. The summed E-state index contributed by atoms with van der Waals surface area (Å²) in [5, 5.41) is 15.3. The smallest absolute Gasteiger partial charge is 0.220 e. The first-order chi connectivity index (χ1) is 7.22. The number of nitrogens with zero attached hydrogens (tertiary/aromatic N) is 3. The van der Waals surface area contributed by atoms with E-state index in [2.05, 4.69) is 15.4 Å². The first kappa shape index (κ1) is 11.6. The number of aliphatic hydroxyl groups is 1. The fourth-order valence-electron chi connectivity index (χ4n) is 1.14. The molecule has 15 heavy (non-hydrogen) atoms. The minimum atomic E-state index is -0.0417. The number of carbonyl (C=O) groups excluding carboxylic acids is 1. The van der Waals surface area contributed by atoms with E-state index >= 15 is 0 Å². The van der Waals surface area contributed by atoms with E-state index in [0.717, 1.165) is 5.82 Å². The number of aromatic nitrogens is 3. The molecule has 2 N–H and O–H groups in total. The second-order valence-corrected chi connectivity index (χ2v) is 3.26. The summed E-state index contributed by atoms with van der Waals surface area (Å²) < 4.78 is 1.63. The van der Waals surface area contributed by atoms with Crippen LogP contribution in [0, 0.1) is 0 Å². The van der Waals surface area contributed by atoms with Crippen LogP contribution in [-0.2, 0) is 18.3 Å². The van der Waals surface area contributed by atoms with Gasteiger partial charge in [-0.2, -0.15) is 5.10 Å². The third kappa shape index (κ3) is 4.55. The Morgan fingerprint density at radius 1 is 1.67 bits per heavy atom. The lowest BCUT2D eigenvalue weighted by Gasteiger charge is -2.01. The molecule has 0 atom stereocenters. The lowest BCUT2D eigenvalue weighted by molar-refractivity contribution is -0.121. The van der Waals surface area contributed by atoms with Crippen molar-refractivity contribution in [3.63, 3.8) is 0 Å². The number of nitrogens with one attached hydrogen (secondary N) is 1. The van der Waals surface area contributed by atoms with E-state index in [-0.39, 0.29) is 12.5 Å². The molecule has 0 aliphatic carbocycles. The summed E-state index contributed by atoms with van der Waals surface area (Å²) in [6.07, 6.45) is 3.13. The summed E-state index contributed by atoms with van der Waals surface area (Å²) in [4.78, 5) is 15.2. The number of carbonyl (C=O) groups is 1. The largest absolute Gasteiger partial charge is 0.396 e. The summed E-state index contributed by atoms with van der Waals surface area (Å²) in [5.41, 5.74) is 0. The molecule has 6 nitrogen and oxygen atoms in total. The van der Waals surface area contributed by atoms with Crippen LogP contribution in [0.3, 0.4) is 0 Å². The van der Waals surface area contributed by atoms with Gasteiger partial charge in [-0.3, -0.25) is 9.48 Å². The molecule has 0 saturated heterocycles. The van der Waals surface area contributed by atoms with Crippen molar-refractivity contribution in [2.24, 2.45) is 7.05 Å². The van der Waals surface area contributed by atoms with E-state index in [9.17, 15) is 4.79 Å². The van der Waals surface area contributed by atoms with Gasteiger partial charge in [0.1, 0.15) is 6.33 Å². The molecule has 0 unspecified atom stereocenters. The van der Waals surface area contributed by atoms with E-state index in [1.54, 1.807) is 18.1 Å². The molecule has 0 aliphatic rings. The Labute approximate surface area is 88.3 Å². The molecule has 84 valence electrons. The molecule has 0 bridgehead atoms. The predicted octanol–water partition coefficient (Wildman–Crippen LogP) is -0.754. The SMILES string of the molecule is Cn1cnc(CCNC(=O)CCCO)n1. The highest BCUT2D eigenvalue weighted by molar-refractivity contribution is 5.75. The zero-order valence-electron chi connectivity index (χ0n) is 8.81. The van der Waals surface area contributed by atoms with Crippen molar-refractivity contribution in [2.75, 3.05) is 13.2 Å². The number of hydrogen-bond donors (Lipinski definition) is 2. The van der Waals surface area contributed by atoms with Gasteiger partial charge in [-0.15, -0.1) is 0 Å². The molecular weight excluding hydrogens is 196 g/mol. The zero-order valence-corrected chi connectivity index (χ0v) is 8.81. The Morgan fingerprint density at radius 3 is 3.07 bits per heavy atom. The first-order valence-electron chi connectivity index (χ1n) is 4.94. The lowest BCUT2D eigenvalue weighted by atomic mass is 10.3. The molecule has 0 saturated carbocycles. The number of amides is 1. The first-order valence-corrected chi connectivity index (χ1v) is 4.94. The van der Waals surface area contributed by atoms with E-state index in [0.29, 0.717) is 25.8 Å². The van der Waals surface area contributed by atoms with Crippen molar-refractivity contribution < 1.29 is 9.90 Å². The van der Waals surface area contributed by atoms with Crippen LogP contribution < -0.4 is 5.32 Å². The highest BCUT2D eigenvalue weighted by Crippen LogP contribution is 1.90. The van der Waals surface area contributed by atoms with Crippen LogP contribution in [0.25, 0.3) is 0 Å².